The Kier molecular flexibility index (Phi) is 5.01. The highest BCUT2D eigenvalue weighted by Crippen LogP contribution is 2.35. The second kappa shape index (κ2) is 6.58. The van der Waals surface area contributed by atoms with Crippen LogP contribution in [0.5, 0.6) is 0 Å². The Bertz CT molecular complexity index is 630. The molecule has 2 N–H and O–H groups in total. The lowest BCUT2D eigenvalue weighted by molar-refractivity contribution is 0.535. The van der Waals surface area contributed by atoms with Crippen molar-refractivity contribution < 1.29 is 8.78 Å². The van der Waals surface area contributed by atoms with Gasteiger partial charge in [-0.3, -0.25) is 0 Å². The van der Waals surface area contributed by atoms with Gasteiger partial charge in [-0.2, -0.15) is 0 Å². The fourth-order valence-corrected chi connectivity index (χ4v) is 3.13. The number of aryl methyl sites for hydroxylation is 2. The zero-order chi connectivity index (χ0) is 15.6. The number of hydrogen-bond donors (Lipinski definition) is 1. The third-order valence-corrected chi connectivity index (χ3v) is 4.43. The Morgan fingerprint density at radius 3 is 2.29 bits per heavy atom. The monoisotopic (exact) mass is 307 g/mol. The Labute approximate surface area is 128 Å². The number of hydrogen-bond acceptors (Lipinski definition) is 2. The SMILES string of the molecule is Cc1ccc(C)c(Sc2c(F)cc(CC(C)N)cc2F)c1. The molecule has 4 heteroatoms. The second-order valence-electron chi connectivity index (χ2n) is 5.44. The summed E-state index contributed by atoms with van der Waals surface area (Å²) in [5.74, 6) is -1.06. The van der Waals surface area contributed by atoms with Crippen LogP contribution in [0.25, 0.3) is 0 Å². The molecule has 0 bridgehead atoms. The highest BCUT2D eigenvalue weighted by atomic mass is 32.2. The largest absolute Gasteiger partial charge is 0.328 e. The predicted octanol–water partition coefficient (Wildman–Crippen LogP) is 4.62. The van der Waals surface area contributed by atoms with Gasteiger partial charge >= 0.3 is 0 Å². The third kappa shape index (κ3) is 4.05. The number of benzene rings is 2. The van der Waals surface area contributed by atoms with Crippen LogP contribution in [-0.4, -0.2) is 6.04 Å². The number of rotatable bonds is 4. The highest BCUT2D eigenvalue weighted by Gasteiger charge is 2.14. The standard InChI is InChI=1S/C17H19F2NS/c1-10-4-5-11(2)16(6-10)21-17-14(18)8-13(7-12(3)20)9-15(17)19/h4-6,8-9,12H,7,20H2,1-3H3. The Hall–Kier alpha value is -1.39. The quantitative estimate of drug-likeness (QED) is 0.891. The average molecular weight is 307 g/mol. The molecule has 1 unspecified atom stereocenters. The summed E-state index contributed by atoms with van der Waals surface area (Å²) in [6.45, 7) is 5.71. The summed E-state index contributed by atoms with van der Waals surface area (Å²) >= 11 is 1.13. The number of nitrogens with two attached hydrogens (primary N) is 1. The van der Waals surface area contributed by atoms with Crippen molar-refractivity contribution in [3.63, 3.8) is 0 Å². The Morgan fingerprint density at radius 2 is 1.71 bits per heavy atom. The van der Waals surface area contributed by atoms with Crippen molar-refractivity contribution in [2.45, 2.75) is 43.0 Å². The first kappa shape index (κ1) is 16.0. The summed E-state index contributed by atoms with van der Waals surface area (Å²) in [4.78, 5) is 0.907. The Balaban J connectivity index is 2.34. The van der Waals surface area contributed by atoms with E-state index in [0.29, 0.717) is 12.0 Å². The normalized spacial score (nSPS) is 12.5. The van der Waals surface area contributed by atoms with E-state index in [-0.39, 0.29) is 10.9 Å². The first-order valence-electron chi connectivity index (χ1n) is 6.85. The molecule has 1 atom stereocenters. The van der Waals surface area contributed by atoms with Gasteiger partial charge in [0.2, 0.25) is 0 Å². The van der Waals surface area contributed by atoms with Gasteiger partial charge in [-0.15, -0.1) is 0 Å². The van der Waals surface area contributed by atoms with Crippen molar-refractivity contribution in [1.82, 2.24) is 0 Å². The molecule has 0 amide bonds. The molecule has 2 aromatic carbocycles. The minimum atomic E-state index is -0.531. The Morgan fingerprint density at radius 1 is 1.10 bits per heavy atom. The van der Waals surface area contributed by atoms with E-state index in [1.807, 2.05) is 39.0 Å². The lowest BCUT2D eigenvalue weighted by Gasteiger charge is -2.11. The molecule has 2 rings (SSSR count). The topological polar surface area (TPSA) is 26.0 Å². The zero-order valence-electron chi connectivity index (χ0n) is 12.4. The molecular weight excluding hydrogens is 288 g/mol. The lowest BCUT2D eigenvalue weighted by Crippen LogP contribution is -2.18. The first-order chi connectivity index (χ1) is 9.86. The lowest BCUT2D eigenvalue weighted by atomic mass is 10.1. The van der Waals surface area contributed by atoms with Crippen molar-refractivity contribution >= 4 is 11.8 Å². The minimum absolute atomic E-state index is 0.0390. The molecule has 1 nitrogen and oxygen atoms in total. The van der Waals surface area contributed by atoms with E-state index in [2.05, 4.69) is 0 Å². The minimum Gasteiger partial charge on any atom is -0.328 e. The van der Waals surface area contributed by atoms with Gasteiger partial charge < -0.3 is 5.73 Å². The van der Waals surface area contributed by atoms with Gasteiger partial charge in [0.25, 0.3) is 0 Å². The molecule has 0 spiro atoms. The molecule has 0 aromatic heterocycles. The van der Waals surface area contributed by atoms with E-state index in [0.717, 1.165) is 27.8 Å². The van der Waals surface area contributed by atoms with Gasteiger partial charge in [-0.05, 0) is 62.1 Å². The van der Waals surface area contributed by atoms with Crippen molar-refractivity contribution in [2.24, 2.45) is 5.73 Å². The summed E-state index contributed by atoms with van der Waals surface area (Å²) in [7, 11) is 0. The van der Waals surface area contributed by atoms with Crippen LogP contribution >= 0.6 is 11.8 Å². The van der Waals surface area contributed by atoms with Gasteiger partial charge in [0.05, 0.1) is 4.90 Å². The van der Waals surface area contributed by atoms with Crippen molar-refractivity contribution in [3.05, 3.63) is 58.7 Å². The molecule has 0 fully saturated rings. The van der Waals surface area contributed by atoms with Crippen LogP contribution in [0.2, 0.25) is 0 Å². The zero-order valence-corrected chi connectivity index (χ0v) is 13.2. The molecule has 2 aromatic rings. The van der Waals surface area contributed by atoms with E-state index in [1.165, 1.54) is 12.1 Å². The van der Waals surface area contributed by atoms with Crippen LogP contribution in [0.3, 0.4) is 0 Å². The molecule has 0 heterocycles. The summed E-state index contributed by atoms with van der Waals surface area (Å²) in [5.41, 5.74) is 8.33. The van der Waals surface area contributed by atoms with Crippen molar-refractivity contribution in [1.29, 1.82) is 0 Å². The van der Waals surface area contributed by atoms with Crippen LogP contribution in [0, 0.1) is 25.5 Å². The maximum atomic E-state index is 14.2. The molecule has 0 saturated heterocycles. The molecule has 112 valence electrons. The van der Waals surface area contributed by atoms with Gasteiger partial charge in [-0.1, -0.05) is 23.9 Å². The van der Waals surface area contributed by atoms with E-state index in [1.54, 1.807) is 0 Å². The molecule has 0 saturated carbocycles. The van der Waals surface area contributed by atoms with Crippen LogP contribution < -0.4 is 5.73 Å². The second-order valence-corrected chi connectivity index (χ2v) is 6.49. The smallest absolute Gasteiger partial charge is 0.140 e. The maximum absolute atomic E-state index is 14.2. The van der Waals surface area contributed by atoms with Crippen LogP contribution in [0.1, 0.15) is 23.6 Å². The van der Waals surface area contributed by atoms with Gasteiger partial charge in [0, 0.05) is 10.9 Å². The van der Waals surface area contributed by atoms with Gasteiger partial charge in [-0.25, -0.2) is 8.78 Å². The van der Waals surface area contributed by atoms with E-state index in [9.17, 15) is 8.78 Å². The van der Waals surface area contributed by atoms with Gasteiger partial charge in [0.1, 0.15) is 11.6 Å². The molecule has 0 aliphatic heterocycles. The van der Waals surface area contributed by atoms with Crippen LogP contribution in [0.15, 0.2) is 40.1 Å². The number of halogens is 2. The summed E-state index contributed by atoms with van der Waals surface area (Å²) < 4.78 is 28.4. The molecule has 0 radical (unpaired) electrons. The molecule has 0 aliphatic rings. The predicted molar refractivity (Wildman–Crippen MR) is 83.8 cm³/mol. The average Bonchev–Trinajstić information content (AvgIpc) is 2.37. The van der Waals surface area contributed by atoms with E-state index in [4.69, 9.17) is 5.73 Å². The highest BCUT2D eigenvalue weighted by molar-refractivity contribution is 7.99. The summed E-state index contributed by atoms with van der Waals surface area (Å²) in [6, 6.07) is 8.51. The van der Waals surface area contributed by atoms with Crippen molar-refractivity contribution in [3.8, 4) is 0 Å². The fraction of sp³-hybridized carbons (Fsp3) is 0.294. The molecular formula is C17H19F2NS. The first-order valence-corrected chi connectivity index (χ1v) is 7.67. The summed E-state index contributed by atoms with van der Waals surface area (Å²) in [6.07, 6.45) is 0.461. The molecule has 0 aliphatic carbocycles. The van der Waals surface area contributed by atoms with E-state index >= 15 is 0 Å². The molecule has 21 heavy (non-hydrogen) atoms. The maximum Gasteiger partial charge on any atom is 0.140 e. The van der Waals surface area contributed by atoms with Gasteiger partial charge in [0.15, 0.2) is 0 Å². The summed E-state index contributed by atoms with van der Waals surface area (Å²) in [5, 5.41) is 0. The van der Waals surface area contributed by atoms with Crippen molar-refractivity contribution in [2.75, 3.05) is 0 Å². The van der Waals surface area contributed by atoms with Crippen LogP contribution in [-0.2, 0) is 6.42 Å². The van der Waals surface area contributed by atoms with Crippen LogP contribution in [0.4, 0.5) is 8.78 Å². The third-order valence-electron chi connectivity index (χ3n) is 3.17. The fourth-order valence-electron chi connectivity index (χ4n) is 2.13. The van der Waals surface area contributed by atoms with E-state index < -0.39 is 11.6 Å².